The van der Waals surface area contributed by atoms with E-state index in [0.717, 1.165) is 64.2 Å². The third-order valence-corrected chi connectivity index (χ3v) is 11.5. The van der Waals surface area contributed by atoms with E-state index in [-0.39, 0.29) is 46.4 Å². The Kier molecular flexibility index (Phi) is 29.3. The number of hydrogen-bond donors (Lipinski definition) is 4. The first-order valence-electron chi connectivity index (χ1n) is 25.9. The molecule has 1 unspecified atom stereocenters. The molecule has 4 rings (SSSR count). The van der Waals surface area contributed by atoms with Crippen LogP contribution in [0.5, 0.6) is 11.5 Å². The first-order chi connectivity index (χ1) is 36.2. The molecule has 1 aliphatic rings. The van der Waals surface area contributed by atoms with Crippen LogP contribution in [0.25, 0.3) is 22.1 Å². The van der Waals surface area contributed by atoms with E-state index in [9.17, 15) is 34.8 Å². The molecule has 1 aliphatic heterocycles. The maximum Gasteiger partial charge on any atom is 0.315 e. The molecule has 1 fully saturated rings. The van der Waals surface area contributed by atoms with Gasteiger partial charge in [-0.3, -0.25) is 14.4 Å². The molecule has 0 radical (unpaired) electrons. The zero-order valence-corrected chi connectivity index (χ0v) is 43.0. The van der Waals surface area contributed by atoms with E-state index in [1.807, 2.05) is 30.4 Å². The minimum atomic E-state index is -1.76. The van der Waals surface area contributed by atoms with Crippen molar-refractivity contribution in [2.45, 2.75) is 134 Å². The van der Waals surface area contributed by atoms with Crippen molar-refractivity contribution in [3.63, 3.8) is 0 Å². The highest BCUT2D eigenvalue weighted by atomic mass is 16.6. The Morgan fingerprint density at radius 1 is 0.514 bits per heavy atom. The summed E-state index contributed by atoms with van der Waals surface area (Å²) in [5.41, 5.74) is -0.0138. The largest absolute Gasteiger partial charge is 0.463 e. The number of allylic oxidation sites excluding steroid dienone is 22. The first kappa shape index (κ1) is 59.8. The van der Waals surface area contributed by atoms with Crippen molar-refractivity contribution in [2.75, 3.05) is 6.61 Å². The van der Waals surface area contributed by atoms with E-state index >= 15 is 0 Å². The molecule has 1 saturated heterocycles. The average Bonchev–Trinajstić information content (AvgIpc) is 3.40. The van der Waals surface area contributed by atoms with Crippen molar-refractivity contribution in [1.29, 1.82) is 0 Å². The van der Waals surface area contributed by atoms with Gasteiger partial charge in [0.05, 0.1) is 36.0 Å². The van der Waals surface area contributed by atoms with Gasteiger partial charge in [0, 0.05) is 0 Å². The van der Waals surface area contributed by atoms with Crippen molar-refractivity contribution < 1.29 is 48.6 Å². The van der Waals surface area contributed by atoms with E-state index in [0.29, 0.717) is 18.4 Å². The van der Waals surface area contributed by atoms with Crippen molar-refractivity contribution in [2.24, 2.45) is 0 Å². The van der Waals surface area contributed by atoms with Crippen LogP contribution < -0.4 is 14.9 Å². The van der Waals surface area contributed by atoms with E-state index in [1.54, 1.807) is 36.4 Å². The molecule has 0 bridgehead atoms. The van der Waals surface area contributed by atoms with Crippen molar-refractivity contribution in [3.8, 4) is 22.6 Å². The number of benzene rings is 2. The summed E-state index contributed by atoms with van der Waals surface area (Å²) in [5.74, 6) is -0.926. The molecule has 5 atom stereocenters. The number of fused-ring (bicyclic) bond motifs is 1. The lowest BCUT2D eigenvalue weighted by Crippen LogP contribution is -2.55. The van der Waals surface area contributed by atoms with Crippen molar-refractivity contribution in [3.05, 3.63) is 204 Å². The number of carbonyl (C=O) groups excluding carboxylic acids is 2. The summed E-state index contributed by atoms with van der Waals surface area (Å²) in [5, 5.41) is 42.4. The van der Waals surface area contributed by atoms with Gasteiger partial charge in [0.25, 0.3) is 0 Å². The number of rotatable bonds is 31. The maximum absolute atomic E-state index is 14.1. The molecule has 2 heterocycles. The van der Waals surface area contributed by atoms with Crippen molar-refractivity contribution >= 4 is 22.9 Å². The monoisotopic (exact) mass is 1010 g/mol. The predicted octanol–water partition coefficient (Wildman–Crippen LogP) is 13.0. The van der Waals surface area contributed by atoms with Crippen LogP contribution in [0.4, 0.5) is 0 Å². The molecule has 11 nitrogen and oxygen atoms in total. The van der Waals surface area contributed by atoms with Crippen LogP contribution in [0.2, 0.25) is 0 Å². The Labute approximate surface area is 437 Å². The summed E-state index contributed by atoms with van der Waals surface area (Å²) in [6.45, 7) is 3.55. The Hall–Kier alpha value is -6.73. The van der Waals surface area contributed by atoms with Gasteiger partial charge < -0.3 is 39.1 Å². The van der Waals surface area contributed by atoms with Crippen LogP contribution in [0.1, 0.15) is 115 Å². The SMILES string of the molecule is CC/C=C/C/C=C/C/C=C/C/C=C/C/C=C/C/C=C/CC(=O)Oc1ccc(-c2coc3c(C4O[C@H](CO)[C@@H](O)[C@H](O)[C@H]4O)c(OC(=O)C/C=C/C/C=C/C/C=C/C/C=C/C/C=C/C/C=C/CC)ccc3c2=O)cc1. The summed E-state index contributed by atoms with van der Waals surface area (Å²) < 4.78 is 23.2. The quantitative estimate of drug-likeness (QED) is 0.0274. The highest BCUT2D eigenvalue weighted by molar-refractivity contribution is 5.87. The van der Waals surface area contributed by atoms with Gasteiger partial charge in [-0.1, -0.05) is 172 Å². The highest BCUT2D eigenvalue weighted by Gasteiger charge is 2.46. The fourth-order valence-corrected chi connectivity index (χ4v) is 7.54. The summed E-state index contributed by atoms with van der Waals surface area (Å²) in [6, 6.07) is 9.15. The van der Waals surface area contributed by atoms with Crippen molar-refractivity contribution in [1.82, 2.24) is 0 Å². The molecule has 3 aromatic rings. The Morgan fingerprint density at radius 2 is 0.919 bits per heavy atom. The minimum Gasteiger partial charge on any atom is -0.463 e. The van der Waals surface area contributed by atoms with Gasteiger partial charge in [0.2, 0.25) is 5.43 Å². The number of ether oxygens (including phenoxy) is 3. The summed E-state index contributed by atoms with van der Waals surface area (Å²) in [4.78, 5) is 39.8. The fraction of sp³-hybridized carbons (Fsp3) is 0.349. The molecule has 11 heteroatoms. The second-order valence-electron chi connectivity index (χ2n) is 17.3. The van der Waals surface area contributed by atoms with E-state index < -0.39 is 54.5 Å². The molecule has 4 N–H and O–H groups in total. The molecule has 0 amide bonds. The second-order valence-corrected chi connectivity index (χ2v) is 17.3. The van der Waals surface area contributed by atoms with Gasteiger partial charge >= 0.3 is 11.9 Å². The highest BCUT2D eigenvalue weighted by Crippen LogP contribution is 2.41. The lowest BCUT2D eigenvalue weighted by atomic mass is 9.89. The summed E-state index contributed by atoms with van der Waals surface area (Å²) in [6.07, 6.45) is 53.6. The van der Waals surface area contributed by atoms with Crippen LogP contribution >= 0.6 is 0 Å². The average molecular weight is 1010 g/mol. The van der Waals surface area contributed by atoms with Crippen LogP contribution in [0, 0.1) is 0 Å². The van der Waals surface area contributed by atoms with E-state index in [4.69, 9.17) is 18.6 Å². The lowest BCUT2D eigenvalue weighted by molar-refractivity contribution is -0.231. The predicted molar refractivity (Wildman–Crippen MR) is 298 cm³/mol. The lowest BCUT2D eigenvalue weighted by Gasteiger charge is -2.40. The van der Waals surface area contributed by atoms with Crippen LogP contribution in [0.3, 0.4) is 0 Å². The molecular weight excluding hydrogens is 933 g/mol. The van der Waals surface area contributed by atoms with Gasteiger partial charge in [-0.05, 0) is 107 Å². The molecule has 0 saturated carbocycles. The third-order valence-electron chi connectivity index (χ3n) is 11.5. The van der Waals surface area contributed by atoms with Crippen LogP contribution in [0.15, 0.2) is 198 Å². The topological polar surface area (TPSA) is 173 Å². The van der Waals surface area contributed by atoms with Crippen LogP contribution in [-0.4, -0.2) is 63.4 Å². The number of aliphatic hydroxyl groups excluding tert-OH is 4. The van der Waals surface area contributed by atoms with Gasteiger partial charge in [-0.25, -0.2) is 0 Å². The maximum atomic E-state index is 14.1. The van der Waals surface area contributed by atoms with Gasteiger partial charge in [0.15, 0.2) is 0 Å². The number of esters is 2. The number of carbonyl (C=O) groups is 2. The minimum absolute atomic E-state index is 0.0399. The normalized spacial score (nSPS) is 19.1. The molecule has 0 aliphatic carbocycles. The Balaban J connectivity index is 1.32. The molecule has 0 spiro atoms. The molecule has 394 valence electrons. The van der Waals surface area contributed by atoms with Gasteiger partial charge in [-0.15, -0.1) is 0 Å². The Morgan fingerprint density at radius 3 is 1.34 bits per heavy atom. The first-order valence-corrected chi connectivity index (χ1v) is 25.9. The van der Waals surface area contributed by atoms with Gasteiger partial charge in [-0.2, -0.15) is 0 Å². The third kappa shape index (κ3) is 21.8. The Bertz CT molecular complexity index is 2580. The van der Waals surface area contributed by atoms with E-state index in [2.05, 4.69) is 117 Å². The molecular formula is C63H76O11. The second kappa shape index (κ2) is 36.2. The molecule has 1 aromatic heterocycles. The molecule has 2 aromatic carbocycles. The smallest absolute Gasteiger partial charge is 0.315 e. The zero-order valence-electron chi connectivity index (χ0n) is 43.0. The van der Waals surface area contributed by atoms with Gasteiger partial charge in [0.1, 0.15) is 53.9 Å². The van der Waals surface area contributed by atoms with Crippen LogP contribution in [-0.2, 0) is 14.3 Å². The summed E-state index contributed by atoms with van der Waals surface area (Å²) in [7, 11) is 0. The van der Waals surface area contributed by atoms with E-state index in [1.165, 1.54) is 18.4 Å². The standard InChI is InChI=1S/C63H76O11/c1-3-5-7-9-11-13-15-17-19-21-23-25-27-29-31-33-35-37-39-55(65)72-50-43-41-49(42-44-50)52-48-71-62-51(58(52)67)45-46-53(57(62)63-61(70)60(69)59(68)54(47-64)74-63)73-56(66)40-38-36-34-32-30-28-26-24-22-20-18-16-14-12-10-8-6-4-2/h5-8,11-14,17-20,23-26,29-32,35-38,41-46,48,54,59-61,63-64,68-70H,3-4,9-10,15-16,21-22,27-28,33-34,39-40,47H2,1-2H3/b7-5+,8-6+,13-11+,14-12+,19-17+,20-18+,25-23+,26-24+,31-29+,32-30+,37-35+,38-36+/t54-,59-,60+,61-,63?/m1/s1. The zero-order chi connectivity index (χ0) is 53.0. The fourth-order valence-electron chi connectivity index (χ4n) is 7.54. The number of aliphatic hydroxyl groups is 4. The summed E-state index contributed by atoms with van der Waals surface area (Å²) >= 11 is 0. The number of hydrogen-bond acceptors (Lipinski definition) is 11. The molecule has 74 heavy (non-hydrogen) atoms.